The molecule has 0 radical (unpaired) electrons. The first kappa shape index (κ1) is 18.8. The fraction of sp³-hybridized carbons (Fsp3) is 0.588. The second kappa shape index (κ2) is 6.90. The van der Waals surface area contributed by atoms with E-state index in [1.807, 2.05) is 39.0 Å². The molecule has 4 nitrogen and oxygen atoms in total. The number of halogens is 1. The van der Waals surface area contributed by atoms with Gasteiger partial charge in [-0.05, 0) is 59.8 Å². The van der Waals surface area contributed by atoms with Crippen molar-refractivity contribution in [3.05, 3.63) is 28.2 Å². The van der Waals surface area contributed by atoms with E-state index in [9.17, 15) is 9.90 Å². The number of amides is 1. The summed E-state index contributed by atoms with van der Waals surface area (Å²) in [4.78, 5) is 12.7. The van der Waals surface area contributed by atoms with E-state index in [0.29, 0.717) is 13.2 Å². The molecule has 1 N–H and O–H groups in total. The lowest BCUT2D eigenvalue weighted by Crippen LogP contribution is -2.46. The maximum Gasteiger partial charge on any atom is 0.407 e. The summed E-state index contributed by atoms with van der Waals surface area (Å²) in [6, 6.07) is 6.01. The summed E-state index contributed by atoms with van der Waals surface area (Å²) in [5.41, 5.74) is 0.851. The molecule has 0 atom stereocenters. The van der Waals surface area contributed by atoms with Crippen molar-refractivity contribution in [2.24, 2.45) is 0 Å². The zero-order chi connectivity index (χ0) is 17.1. The highest BCUT2D eigenvalue weighted by Crippen LogP contribution is 2.31. The first-order valence-electron chi connectivity index (χ1n) is 7.36. The van der Waals surface area contributed by atoms with Gasteiger partial charge in [0.05, 0.1) is 11.0 Å². The third-order valence-electron chi connectivity index (χ3n) is 3.41. The van der Waals surface area contributed by atoms with Gasteiger partial charge in [-0.1, -0.05) is 26.8 Å². The quantitative estimate of drug-likeness (QED) is 0.818. The highest BCUT2D eigenvalue weighted by molar-refractivity contribution is 9.10. The van der Waals surface area contributed by atoms with Gasteiger partial charge in [0, 0.05) is 5.54 Å². The largest absolute Gasteiger partial charge is 0.491 e. The topological polar surface area (TPSA) is 49.8 Å². The van der Waals surface area contributed by atoms with Gasteiger partial charge >= 0.3 is 6.09 Å². The molecule has 0 unspecified atom stereocenters. The van der Waals surface area contributed by atoms with Gasteiger partial charge in [-0.3, -0.25) is 0 Å². The van der Waals surface area contributed by atoms with E-state index in [1.54, 1.807) is 0 Å². The molecule has 124 valence electrons. The van der Waals surface area contributed by atoms with Crippen molar-refractivity contribution in [2.75, 3.05) is 13.2 Å². The molecular formula is C17H26BrNO3. The van der Waals surface area contributed by atoms with Crippen molar-refractivity contribution in [1.82, 2.24) is 4.90 Å². The van der Waals surface area contributed by atoms with E-state index in [2.05, 4.69) is 36.7 Å². The second-order valence-electron chi connectivity index (χ2n) is 7.35. The van der Waals surface area contributed by atoms with Crippen molar-refractivity contribution in [3.8, 4) is 5.75 Å². The van der Waals surface area contributed by atoms with E-state index in [0.717, 1.165) is 10.2 Å². The summed E-state index contributed by atoms with van der Waals surface area (Å²) >= 11 is 3.52. The van der Waals surface area contributed by atoms with Gasteiger partial charge in [0.15, 0.2) is 0 Å². The molecule has 1 amide bonds. The average molecular weight is 372 g/mol. The van der Waals surface area contributed by atoms with Crippen LogP contribution in [0, 0.1) is 0 Å². The number of rotatable bonds is 4. The van der Waals surface area contributed by atoms with Gasteiger partial charge in [0.25, 0.3) is 0 Å². The minimum absolute atomic E-state index is 0.0768. The Morgan fingerprint density at radius 1 is 1.23 bits per heavy atom. The first-order chi connectivity index (χ1) is 9.93. The molecule has 1 aromatic rings. The van der Waals surface area contributed by atoms with Crippen LogP contribution in [0.1, 0.15) is 47.1 Å². The summed E-state index contributed by atoms with van der Waals surface area (Å²) in [5.74, 6) is 0.729. The maximum atomic E-state index is 11.3. The summed E-state index contributed by atoms with van der Waals surface area (Å²) in [6.07, 6.45) is -0.932. The Labute approximate surface area is 141 Å². The molecular weight excluding hydrogens is 346 g/mol. The Bertz CT molecular complexity index is 530. The molecule has 0 bridgehead atoms. The molecule has 1 rings (SSSR count). The summed E-state index contributed by atoms with van der Waals surface area (Å²) in [5, 5.41) is 9.25. The van der Waals surface area contributed by atoms with Crippen molar-refractivity contribution in [3.63, 3.8) is 0 Å². The van der Waals surface area contributed by atoms with Gasteiger partial charge in [-0.25, -0.2) is 4.79 Å². The summed E-state index contributed by atoms with van der Waals surface area (Å²) < 4.78 is 6.62. The second-order valence-corrected chi connectivity index (χ2v) is 8.20. The fourth-order valence-electron chi connectivity index (χ4n) is 2.05. The Kier molecular flexibility index (Phi) is 5.90. The van der Waals surface area contributed by atoms with Crippen LogP contribution in [-0.4, -0.2) is 34.8 Å². The Balaban J connectivity index is 2.71. The van der Waals surface area contributed by atoms with E-state index in [-0.39, 0.29) is 5.41 Å². The number of hydrogen-bond donors (Lipinski definition) is 1. The van der Waals surface area contributed by atoms with Gasteiger partial charge in [-0.15, -0.1) is 0 Å². The molecule has 0 heterocycles. The molecule has 0 aliphatic rings. The lowest BCUT2D eigenvalue weighted by Gasteiger charge is -2.33. The fourth-order valence-corrected chi connectivity index (χ4v) is 2.54. The van der Waals surface area contributed by atoms with Crippen LogP contribution < -0.4 is 4.74 Å². The standard InChI is InChI=1S/C17H26BrNO3/c1-16(2,3)12-7-8-14(13(18)11-12)22-10-9-19(15(20)21)17(4,5)6/h7-8,11H,9-10H2,1-6H3,(H,20,21). The lowest BCUT2D eigenvalue weighted by atomic mass is 9.87. The van der Waals surface area contributed by atoms with E-state index >= 15 is 0 Å². The maximum absolute atomic E-state index is 11.3. The summed E-state index contributed by atoms with van der Waals surface area (Å²) in [6.45, 7) is 12.7. The molecule has 0 fully saturated rings. The van der Waals surface area contributed by atoms with Gasteiger partial charge < -0.3 is 14.7 Å². The number of carbonyl (C=O) groups is 1. The minimum Gasteiger partial charge on any atom is -0.491 e. The number of nitrogens with zero attached hydrogens (tertiary/aromatic N) is 1. The van der Waals surface area contributed by atoms with E-state index in [1.165, 1.54) is 10.5 Å². The Hall–Kier alpha value is -1.23. The SMILES string of the molecule is CC(C)(C)c1ccc(OCCN(C(=O)O)C(C)(C)C)c(Br)c1. The van der Waals surface area contributed by atoms with Crippen LogP contribution in [-0.2, 0) is 5.41 Å². The zero-order valence-electron chi connectivity index (χ0n) is 14.2. The smallest absolute Gasteiger partial charge is 0.407 e. The van der Waals surface area contributed by atoms with E-state index in [4.69, 9.17) is 4.74 Å². The first-order valence-corrected chi connectivity index (χ1v) is 8.15. The molecule has 0 spiro atoms. The van der Waals surface area contributed by atoms with Crippen LogP contribution >= 0.6 is 15.9 Å². The van der Waals surface area contributed by atoms with Crippen LogP contribution in [0.15, 0.2) is 22.7 Å². The highest BCUT2D eigenvalue weighted by atomic mass is 79.9. The number of hydrogen-bond acceptors (Lipinski definition) is 2. The average Bonchev–Trinajstić information content (AvgIpc) is 2.32. The third-order valence-corrected chi connectivity index (χ3v) is 4.03. The Morgan fingerprint density at radius 2 is 1.82 bits per heavy atom. The van der Waals surface area contributed by atoms with Crippen molar-refractivity contribution in [1.29, 1.82) is 0 Å². The predicted octanol–water partition coefficient (Wildman–Crippen LogP) is 4.90. The van der Waals surface area contributed by atoms with E-state index < -0.39 is 11.6 Å². The van der Waals surface area contributed by atoms with Gasteiger partial charge in [-0.2, -0.15) is 0 Å². The van der Waals surface area contributed by atoms with Gasteiger partial charge in [0.2, 0.25) is 0 Å². The van der Waals surface area contributed by atoms with Crippen molar-refractivity contribution < 1.29 is 14.6 Å². The highest BCUT2D eigenvalue weighted by Gasteiger charge is 2.25. The molecule has 0 aliphatic carbocycles. The summed E-state index contributed by atoms with van der Waals surface area (Å²) in [7, 11) is 0. The number of ether oxygens (including phenoxy) is 1. The lowest BCUT2D eigenvalue weighted by molar-refractivity contribution is 0.0891. The molecule has 1 aromatic carbocycles. The molecule has 0 aliphatic heterocycles. The normalized spacial score (nSPS) is 12.1. The minimum atomic E-state index is -0.932. The predicted molar refractivity (Wildman–Crippen MR) is 92.8 cm³/mol. The Morgan fingerprint density at radius 3 is 2.23 bits per heavy atom. The van der Waals surface area contributed by atoms with Crippen LogP contribution in [0.2, 0.25) is 0 Å². The molecule has 22 heavy (non-hydrogen) atoms. The number of carboxylic acid groups (broad SMARTS) is 1. The molecule has 0 saturated heterocycles. The van der Waals surface area contributed by atoms with Crippen LogP contribution in [0.5, 0.6) is 5.75 Å². The van der Waals surface area contributed by atoms with Crippen molar-refractivity contribution in [2.45, 2.75) is 52.5 Å². The number of benzene rings is 1. The molecule has 5 heteroatoms. The van der Waals surface area contributed by atoms with Crippen LogP contribution in [0.3, 0.4) is 0 Å². The molecule has 0 aromatic heterocycles. The van der Waals surface area contributed by atoms with Crippen molar-refractivity contribution >= 4 is 22.0 Å². The zero-order valence-corrected chi connectivity index (χ0v) is 15.8. The van der Waals surface area contributed by atoms with Crippen LogP contribution in [0.25, 0.3) is 0 Å². The third kappa shape index (κ3) is 5.20. The monoisotopic (exact) mass is 371 g/mol. The molecule has 0 saturated carbocycles. The van der Waals surface area contributed by atoms with Crippen LogP contribution in [0.4, 0.5) is 4.79 Å². The van der Waals surface area contributed by atoms with Gasteiger partial charge in [0.1, 0.15) is 12.4 Å².